The molecular formula is C16H21ClO3. The van der Waals surface area contributed by atoms with Crippen LogP contribution >= 0.6 is 11.6 Å². The number of aliphatic hydroxyl groups excluding tert-OH is 1. The fraction of sp³-hybridized carbons (Fsp3) is 0.625. The van der Waals surface area contributed by atoms with Gasteiger partial charge in [0, 0.05) is 0 Å². The van der Waals surface area contributed by atoms with Gasteiger partial charge in [0.25, 0.3) is 0 Å². The maximum absolute atomic E-state index is 10.7. The van der Waals surface area contributed by atoms with Gasteiger partial charge in [0.05, 0.1) is 11.1 Å². The van der Waals surface area contributed by atoms with Crippen molar-refractivity contribution >= 4 is 11.6 Å². The van der Waals surface area contributed by atoms with Gasteiger partial charge in [-0.05, 0) is 42.4 Å². The van der Waals surface area contributed by atoms with Crippen LogP contribution in [0, 0.1) is 11.8 Å². The van der Waals surface area contributed by atoms with E-state index >= 15 is 0 Å². The van der Waals surface area contributed by atoms with E-state index in [1.807, 2.05) is 12.1 Å². The third-order valence-corrected chi connectivity index (χ3v) is 4.92. The molecule has 1 heterocycles. The van der Waals surface area contributed by atoms with E-state index in [0.717, 1.165) is 24.3 Å². The van der Waals surface area contributed by atoms with Gasteiger partial charge in [-0.15, -0.1) is 0 Å². The Hall–Kier alpha value is -0.930. The number of fused-ring (bicyclic) bond motifs is 1. The Morgan fingerprint density at radius 1 is 1.35 bits per heavy atom. The summed E-state index contributed by atoms with van der Waals surface area (Å²) in [5.41, 5.74) is 0.848. The lowest BCUT2D eigenvalue weighted by Crippen LogP contribution is -2.21. The fourth-order valence-electron chi connectivity index (χ4n) is 3.42. The van der Waals surface area contributed by atoms with Crippen LogP contribution in [0.3, 0.4) is 0 Å². The largest absolute Gasteiger partial charge is 0.454 e. The van der Waals surface area contributed by atoms with Gasteiger partial charge in [0.2, 0.25) is 6.79 Å². The summed E-state index contributed by atoms with van der Waals surface area (Å²) >= 11 is 6.20. The summed E-state index contributed by atoms with van der Waals surface area (Å²) in [6.45, 7) is 2.44. The van der Waals surface area contributed by atoms with E-state index in [9.17, 15) is 5.11 Å². The minimum Gasteiger partial charge on any atom is -0.454 e. The maximum Gasteiger partial charge on any atom is 0.231 e. The molecule has 1 fully saturated rings. The van der Waals surface area contributed by atoms with Crippen LogP contribution < -0.4 is 9.47 Å². The normalized spacial score (nSPS) is 26.6. The Morgan fingerprint density at radius 3 is 3.00 bits per heavy atom. The lowest BCUT2D eigenvalue weighted by atomic mass is 9.76. The SMILES string of the molecule is CCC1CCCC(C(O)c2cc(Cl)c3c(c2)OCO3)C1. The summed E-state index contributed by atoms with van der Waals surface area (Å²) in [7, 11) is 0. The summed E-state index contributed by atoms with van der Waals surface area (Å²) in [4.78, 5) is 0. The minimum absolute atomic E-state index is 0.204. The highest BCUT2D eigenvalue weighted by Gasteiger charge is 2.29. The lowest BCUT2D eigenvalue weighted by Gasteiger charge is -2.32. The van der Waals surface area contributed by atoms with Crippen molar-refractivity contribution in [1.29, 1.82) is 0 Å². The monoisotopic (exact) mass is 296 g/mol. The Bertz CT molecular complexity index is 489. The smallest absolute Gasteiger partial charge is 0.231 e. The quantitative estimate of drug-likeness (QED) is 0.903. The van der Waals surface area contributed by atoms with Crippen LogP contribution in [-0.4, -0.2) is 11.9 Å². The van der Waals surface area contributed by atoms with Crippen molar-refractivity contribution in [3.05, 3.63) is 22.7 Å². The van der Waals surface area contributed by atoms with Crippen molar-refractivity contribution in [2.24, 2.45) is 11.8 Å². The van der Waals surface area contributed by atoms with Crippen LogP contribution in [0.1, 0.15) is 50.7 Å². The minimum atomic E-state index is -0.462. The molecule has 1 aliphatic heterocycles. The molecule has 0 spiro atoms. The zero-order valence-electron chi connectivity index (χ0n) is 11.8. The van der Waals surface area contributed by atoms with Crippen molar-refractivity contribution in [1.82, 2.24) is 0 Å². The Kier molecular flexibility index (Phi) is 4.08. The summed E-state index contributed by atoms with van der Waals surface area (Å²) in [5.74, 6) is 2.31. The van der Waals surface area contributed by atoms with Gasteiger partial charge in [-0.3, -0.25) is 0 Å². The highest BCUT2D eigenvalue weighted by molar-refractivity contribution is 6.32. The molecular weight excluding hydrogens is 276 g/mol. The van der Waals surface area contributed by atoms with Crippen LogP contribution in [0.2, 0.25) is 5.02 Å². The van der Waals surface area contributed by atoms with Gasteiger partial charge in [0.1, 0.15) is 0 Å². The van der Waals surface area contributed by atoms with E-state index in [0.29, 0.717) is 22.4 Å². The van der Waals surface area contributed by atoms with Crippen LogP contribution in [-0.2, 0) is 0 Å². The van der Waals surface area contributed by atoms with E-state index in [1.165, 1.54) is 19.3 Å². The molecule has 2 aliphatic rings. The number of ether oxygens (including phenoxy) is 2. The second-order valence-corrected chi connectivity index (χ2v) is 6.29. The van der Waals surface area contributed by atoms with E-state index in [2.05, 4.69) is 6.92 Å². The van der Waals surface area contributed by atoms with E-state index in [-0.39, 0.29) is 6.79 Å². The first-order chi connectivity index (χ1) is 9.69. The van der Waals surface area contributed by atoms with Crippen LogP contribution in [0.5, 0.6) is 11.5 Å². The number of aliphatic hydroxyl groups is 1. The van der Waals surface area contributed by atoms with Crippen molar-refractivity contribution in [3.8, 4) is 11.5 Å². The standard InChI is InChI=1S/C16H21ClO3/c1-2-10-4-3-5-11(6-10)15(18)12-7-13(17)16-14(8-12)19-9-20-16/h7-8,10-11,15,18H,2-6,9H2,1H3. The second kappa shape index (κ2) is 5.82. The first kappa shape index (κ1) is 14.0. The van der Waals surface area contributed by atoms with Gasteiger partial charge in [-0.25, -0.2) is 0 Å². The van der Waals surface area contributed by atoms with Crippen molar-refractivity contribution in [2.45, 2.75) is 45.1 Å². The summed E-state index contributed by atoms with van der Waals surface area (Å²) < 4.78 is 10.7. The second-order valence-electron chi connectivity index (χ2n) is 5.88. The maximum atomic E-state index is 10.7. The van der Waals surface area contributed by atoms with Crippen LogP contribution in [0.15, 0.2) is 12.1 Å². The molecule has 3 rings (SSSR count). The van der Waals surface area contributed by atoms with Gasteiger partial charge >= 0.3 is 0 Å². The number of hydrogen-bond donors (Lipinski definition) is 1. The zero-order chi connectivity index (χ0) is 14.1. The first-order valence-corrected chi connectivity index (χ1v) is 7.84. The molecule has 3 atom stereocenters. The molecule has 1 N–H and O–H groups in total. The van der Waals surface area contributed by atoms with Gasteiger partial charge in [0.15, 0.2) is 11.5 Å². The number of rotatable bonds is 3. The van der Waals surface area contributed by atoms with Crippen LogP contribution in [0.4, 0.5) is 0 Å². The summed E-state index contributed by atoms with van der Waals surface area (Å²) in [6, 6.07) is 3.68. The summed E-state index contributed by atoms with van der Waals surface area (Å²) in [5, 5.41) is 11.2. The van der Waals surface area contributed by atoms with Gasteiger partial charge < -0.3 is 14.6 Å². The highest BCUT2D eigenvalue weighted by atomic mass is 35.5. The predicted octanol–water partition coefficient (Wildman–Crippen LogP) is 4.32. The Morgan fingerprint density at radius 2 is 2.20 bits per heavy atom. The molecule has 1 aromatic carbocycles. The fourth-order valence-corrected chi connectivity index (χ4v) is 3.69. The number of hydrogen-bond acceptors (Lipinski definition) is 3. The summed E-state index contributed by atoms with van der Waals surface area (Å²) in [6.07, 6.45) is 5.43. The molecule has 3 nitrogen and oxygen atoms in total. The third kappa shape index (κ3) is 2.61. The first-order valence-electron chi connectivity index (χ1n) is 7.46. The molecule has 0 radical (unpaired) electrons. The molecule has 0 saturated heterocycles. The van der Waals surface area contributed by atoms with Gasteiger partial charge in [-0.2, -0.15) is 0 Å². The highest BCUT2D eigenvalue weighted by Crippen LogP contribution is 2.44. The average molecular weight is 297 g/mol. The molecule has 1 saturated carbocycles. The number of halogens is 1. The zero-order valence-corrected chi connectivity index (χ0v) is 12.5. The van der Waals surface area contributed by atoms with E-state index < -0.39 is 6.10 Å². The molecule has 4 heteroatoms. The average Bonchev–Trinajstić information content (AvgIpc) is 2.95. The Balaban J connectivity index is 1.80. The molecule has 1 aromatic rings. The molecule has 20 heavy (non-hydrogen) atoms. The van der Waals surface area contributed by atoms with Crippen molar-refractivity contribution in [2.75, 3.05) is 6.79 Å². The third-order valence-electron chi connectivity index (χ3n) is 4.64. The van der Waals surface area contributed by atoms with Crippen molar-refractivity contribution < 1.29 is 14.6 Å². The Labute approximate surface area is 124 Å². The van der Waals surface area contributed by atoms with E-state index in [1.54, 1.807) is 0 Å². The molecule has 0 bridgehead atoms. The van der Waals surface area contributed by atoms with E-state index in [4.69, 9.17) is 21.1 Å². The van der Waals surface area contributed by atoms with Crippen LogP contribution in [0.25, 0.3) is 0 Å². The predicted molar refractivity (Wildman–Crippen MR) is 78.3 cm³/mol. The molecule has 0 aromatic heterocycles. The van der Waals surface area contributed by atoms with Gasteiger partial charge in [-0.1, -0.05) is 37.8 Å². The molecule has 1 aliphatic carbocycles. The molecule has 0 amide bonds. The topological polar surface area (TPSA) is 38.7 Å². The number of benzene rings is 1. The lowest BCUT2D eigenvalue weighted by molar-refractivity contribution is 0.0676. The molecule has 110 valence electrons. The van der Waals surface area contributed by atoms with Crippen molar-refractivity contribution in [3.63, 3.8) is 0 Å². The molecule has 3 unspecified atom stereocenters.